The maximum atomic E-state index is 6.10. The molecule has 0 N–H and O–H groups in total. The quantitative estimate of drug-likeness (QED) is 0.528. The van der Waals surface area contributed by atoms with Crippen LogP contribution in [0.25, 0.3) is 0 Å². The third kappa shape index (κ3) is 6.49. The van der Waals surface area contributed by atoms with Gasteiger partial charge in [0.1, 0.15) is 0 Å². The van der Waals surface area contributed by atoms with Gasteiger partial charge in [-0.15, -0.1) is 6.58 Å². The molecule has 0 aliphatic heterocycles. The fourth-order valence-corrected chi connectivity index (χ4v) is 5.66. The predicted octanol–water partition coefficient (Wildman–Crippen LogP) is 4.79. The van der Waals surface area contributed by atoms with E-state index in [2.05, 4.69) is 46.9 Å². The molecule has 0 heterocycles. The van der Waals surface area contributed by atoms with Crippen molar-refractivity contribution in [3.8, 4) is 0 Å². The number of hydrogen-bond donors (Lipinski definition) is 0. The topological polar surface area (TPSA) is 9.23 Å². The Morgan fingerprint density at radius 2 is 1.50 bits per heavy atom. The molecule has 0 radical (unpaired) electrons. The van der Waals surface area contributed by atoms with Gasteiger partial charge in [-0.05, 0) is 30.8 Å². The summed E-state index contributed by atoms with van der Waals surface area (Å²) in [4.78, 5) is 0. The van der Waals surface area contributed by atoms with Crippen LogP contribution in [-0.2, 0) is 4.43 Å². The van der Waals surface area contributed by atoms with Gasteiger partial charge in [-0.2, -0.15) is 0 Å². The van der Waals surface area contributed by atoms with E-state index >= 15 is 0 Å². The van der Waals surface area contributed by atoms with Crippen LogP contribution in [0.5, 0.6) is 0 Å². The van der Waals surface area contributed by atoms with Crippen molar-refractivity contribution >= 4 is 8.32 Å². The van der Waals surface area contributed by atoms with Crippen molar-refractivity contribution in [2.24, 2.45) is 11.8 Å². The summed E-state index contributed by atoms with van der Waals surface area (Å²) in [5.41, 5.74) is 2.17. The van der Waals surface area contributed by atoms with Gasteiger partial charge in [-0.3, -0.25) is 0 Å². The van der Waals surface area contributed by atoms with Gasteiger partial charge in [0.05, 0.1) is 0 Å². The van der Waals surface area contributed by atoms with E-state index in [1.54, 1.807) is 0 Å². The summed E-state index contributed by atoms with van der Waals surface area (Å²) in [7, 11) is -1.63. The van der Waals surface area contributed by atoms with Crippen LogP contribution in [0.1, 0.15) is 47.5 Å². The highest BCUT2D eigenvalue weighted by Crippen LogP contribution is 2.26. The van der Waals surface area contributed by atoms with Crippen molar-refractivity contribution in [1.29, 1.82) is 0 Å². The highest BCUT2D eigenvalue weighted by atomic mass is 28.4. The average molecular weight is 242 g/mol. The molecule has 0 aromatic carbocycles. The van der Waals surface area contributed by atoms with Crippen LogP contribution in [-0.4, -0.2) is 14.9 Å². The van der Waals surface area contributed by atoms with Crippen LogP contribution in [0.4, 0.5) is 0 Å². The Labute approximate surface area is 103 Å². The molecular weight excluding hydrogens is 212 g/mol. The van der Waals surface area contributed by atoms with Gasteiger partial charge < -0.3 is 4.43 Å². The summed E-state index contributed by atoms with van der Waals surface area (Å²) >= 11 is 0. The first-order valence-corrected chi connectivity index (χ1v) is 9.13. The lowest BCUT2D eigenvalue weighted by Gasteiger charge is -2.29. The first-order chi connectivity index (χ1) is 7.45. The van der Waals surface area contributed by atoms with Crippen LogP contribution in [0.2, 0.25) is 12.1 Å². The molecule has 16 heavy (non-hydrogen) atoms. The van der Waals surface area contributed by atoms with Crippen LogP contribution >= 0.6 is 0 Å². The Hall–Kier alpha value is -0.0831. The molecule has 0 saturated heterocycles. The minimum absolute atomic E-state index is 0.770. The molecule has 0 unspecified atom stereocenters. The molecule has 0 aliphatic rings. The maximum absolute atomic E-state index is 6.10. The standard InChI is InChI=1S/C14H30OSi/c1-7-15-16(8-2,11-9-13(3)4)12-10-14(5)6/h8,13-14H,2,7,9-12H2,1,3-6H3. The zero-order valence-corrected chi connectivity index (χ0v) is 12.9. The molecule has 0 amide bonds. The van der Waals surface area contributed by atoms with E-state index in [-0.39, 0.29) is 0 Å². The van der Waals surface area contributed by atoms with Crippen molar-refractivity contribution < 1.29 is 4.43 Å². The smallest absolute Gasteiger partial charge is 0.216 e. The summed E-state index contributed by atoms with van der Waals surface area (Å²) in [6, 6.07) is 2.49. The highest BCUT2D eigenvalue weighted by Gasteiger charge is 2.30. The third-order valence-corrected chi connectivity index (χ3v) is 6.97. The van der Waals surface area contributed by atoms with E-state index < -0.39 is 8.32 Å². The van der Waals surface area contributed by atoms with Gasteiger partial charge in [-0.25, -0.2) is 0 Å². The van der Waals surface area contributed by atoms with Crippen LogP contribution < -0.4 is 0 Å². The van der Waals surface area contributed by atoms with Crippen LogP contribution in [0, 0.1) is 11.8 Å². The van der Waals surface area contributed by atoms with Gasteiger partial charge >= 0.3 is 0 Å². The first-order valence-electron chi connectivity index (χ1n) is 6.73. The minimum Gasteiger partial charge on any atom is -0.413 e. The van der Waals surface area contributed by atoms with Crippen molar-refractivity contribution in [2.75, 3.05) is 6.61 Å². The molecule has 0 fully saturated rings. The zero-order valence-electron chi connectivity index (χ0n) is 11.9. The van der Waals surface area contributed by atoms with E-state index in [0.717, 1.165) is 18.4 Å². The van der Waals surface area contributed by atoms with E-state index in [9.17, 15) is 0 Å². The normalized spacial score (nSPS) is 12.4. The van der Waals surface area contributed by atoms with Crippen LogP contribution in [0.15, 0.2) is 12.3 Å². The highest BCUT2D eigenvalue weighted by molar-refractivity contribution is 6.78. The largest absolute Gasteiger partial charge is 0.413 e. The molecule has 96 valence electrons. The molecule has 0 saturated carbocycles. The molecule has 2 heteroatoms. The zero-order chi connectivity index (χ0) is 12.6. The van der Waals surface area contributed by atoms with E-state index in [4.69, 9.17) is 4.43 Å². The lowest BCUT2D eigenvalue weighted by atomic mass is 10.2. The first kappa shape index (κ1) is 15.9. The molecule has 0 bridgehead atoms. The number of rotatable bonds is 9. The summed E-state index contributed by atoms with van der Waals surface area (Å²) in [6.07, 6.45) is 2.55. The third-order valence-electron chi connectivity index (χ3n) is 3.09. The predicted molar refractivity (Wildman–Crippen MR) is 76.1 cm³/mol. The Morgan fingerprint density at radius 1 is 1.06 bits per heavy atom. The lowest BCUT2D eigenvalue weighted by Crippen LogP contribution is -2.36. The second-order valence-electron chi connectivity index (χ2n) is 5.57. The Balaban J connectivity index is 4.37. The summed E-state index contributed by atoms with van der Waals surface area (Å²) < 4.78 is 6.10. The summed E-state index contributed by atoms with van der Waals surface area (Å²) in [6.45, 7) is 16.1. The molecular formula is C14H30OSi. The van der Waals surface area contributed by atoms with Gasteiger partial charge in [0.2, 0.25) is 8.32 Å². The van der Waals surface area contributed by atoms with Gasteiger partial charge in [0.25, 0.3) is 0 Å². The molecule has 1 nitrogen and oxygen atoms in total. The molecule has 0 spiro atoms. The SMILES string of the molecule is C=C[Si](CCC(C)C)(CCC(C)C)OCC. The Bertz CT molecular complexity index is 175. The fourth-order valence-electron chi connectivity index (χ4n) is 1.89. The van der Waals surface area contributed by atoms with Gasteiger partial charge in [-0.1, -0.05) is 46.2 Å². The van der Waals surface area contributed by atoms with Gasteiger partial charge in [0.15, 0.2) is 0 Å². The van der Waals surface area contributed by atoms with E-state index in [0.29, 0.717) is 0 Å². The van der Waals surface area contributed by atoms with Crippen molar-refractivity contribution in [3.05, 3.63) is 12.3 Å². The molecule has 0 rings (SSSR count). The Morgan fingerprint density at radius 3 is 1.75 bits per heavy atom. The van der Waals surface area contributed by atoms with Crippen LogP contribution in [0.3, 0.4) is 0 Å². The maximum Gasteiger partial charge on any atom is 0.216 e. The fraction of sp³-hybridized carbons (Fsp3) is 0.857. The van der Waals surface area contributed by atoms with Crippen molar-refractivity contribution in [2.45, 2.75) is 59.5 Å². The molecule has 0 aromatic rings. The number of hydrogen-bond acceptors (Lipinski definition) is 1. The summed E-state index contributed by atoms with van der Waals surface area (Å²) in [5.74, 6) is 1.54. The monoisotopic (exact) mass is 242 g/mol. The van der Waals surface area contributed by atoms with Crippen molar-refractivity contribution in [1.82, 2.24) is 0 Å². The van der Waals surface area contributed by atoms with E-state index in [1.807, 2.05) is 0 Å². The average Bonchev–Trinajstić information content (AvgIpc) is 2.22. The molecule has 0 aromatic heterocycles. The van der Waals surface area contributed by atoms with Crippen molar-refractivity contribution in [3.63, 3.8) is 0 Å². The molecule has 0 atom stereocenters. The van der Waals surface area contributed by atoms with E-state index in [1.165, 1.54) is 24.9 Å². The molecule has 0 aliphatic carbocycles. The summed E-state index contributed by atoms with van der Waals surface area (Å²) in [5, 5.41) is 0. The minimum atomic E-state index is -1.63. The second-order valence-corrected chi connectivity index (χ2v) is 9.39. The lowest BCUT2D eigenvalue weighted by molar-refractivity contribution is 0.321. The Kier molecular flexibility index (Phi) is 8.03. The second kappa shape index (κ2) is 8.07. The van der Waals surface area contributed by atoms with Gasteiger partial charge in [0, 0.05) is 6.61 Å².